The largest absolute Gasteiger partial charge is 0.550 e. The lowest BCUT2D eigenvalue weighted by Gasteiger charge is -2.08. The topological polar surface area (TPSA) is 69.2 Å². The third kappa shape index (κ3) is 2.05. The molecule has 0 fully saturated rings. The van der Waals surface area contributed by atoms with Gasteiger partial charge >= 0.3 is 0 Å². The first-order valence-corrected chi connectivity index (χ1v) is 5.28. The van der Waals surface area contributed by atoms with Gasteiger partial charge in [0.2, 0.25) is 5.91 Å². The lowest BCUT2D eigenvalue weighted by Crippen LogP contribution is -2.22. The van der Waals surface area contributed by atoms with Gasteiger partial charge in [0.15, 0.2) is 0 Å². The quantitative estimate of drug-likeness (QED) is 0.806. The van der Waals surface area contributed by atoms with Crippen LogP contribution >= 0.6 is 0 Å². The van der Waals surface area contributed by atoms with Crippen LogP contribution in [0.15, 0.2) is 24.3 Å². The molecule has 16 heavy (non-hydrogen) atoms. The number of anilines is 1. The lowest BCUT2D eigenvalue weighted by atomic mass is 9.95. The van der Waals surface area contributed by atoms with Gasteiger partial charge < -0.3 is 15.2 Å². The van der Waals surface area contributed by atoms with Crippen molar-refractivity contribution >= 4 is 17.6 Å². The Morgan fingerprint density at radius 2 is 2.12 bits per heavy atom. The number of carboxylic acids is 1. The number of para-hydroxylation sites is 1. The maximum absolute atomic E-state index is 11.6. The zero-order chi connectivity index (χ0) is 11.5. The molecule has 0 bridgehead atoms. The highest BCUT2D eigenvalue weighted by atomic mass is 16.4. The summed E-state index contributed by atoms with van der Waals surface area (Å²) in [5, 5.41) is 13.1. The molecule has 0 radical (unpaired) electrons. The molecule has 1 atom stereocenters. The molecule has 0 aliphatic carbocycles. The Bertz CT molecular complexity index is 428. The molecule has 0 spiro atoms. The molecule has 1 amide bonds. The molecule has 84 valence electrons. The number of fused-ring (bicyclic) bond motifs is 1. The number of carbonyl (C=O) groups is 2. The van der Waals surface area contributed by atoms with E-state index in [-0.39, 0.29) is 18.2 Å². The summed E-state index contributed by atoms with van der Waals surface area (Å²) in [6, 6.07) is 7.50. The van der Waals surface area contributed by atoms with Crippen molar-refractivity contribution in [1.82, 2.24) is 0 Å². The number of rotatable bonds is 4. The van der Waals surface area contributed by atoms with E-state index in [1.807, 2.05) is 24.3 Å². The third-order valence-electron chi connectivity index (χ3n) is 2.78. The van der Waals surface area contributed by atoms with E-state index in [0.29, 0.717) is 12.8 Å². The van der Waals surface area contributed by atoms with E-state index >= 15 is 0 Å². The summed E-state index contributed by atoms with van der Waals surface area (Å²) in [4.78, 5) is 21.9. The molecule has 0 saturated heterocycles. The molecular weight excluding hydrogens is 206 g/mol. The number of benzene rings is 1. The monoisotopic (exact) mass is 218 g/mol. The number of nitrogens with one attached hydrogen (secondary N) is 1. The van der Waals surface area contributed by atoms with E-state index < -0.39 is 5.97 Å². The highest BCUT2D eigenvalue weighted by Gasteiger charge is 2.29. The van der Waals surface area contributed by atoms with Crippen LogP contribution in [0, 0.1) is 0 Å². The van der Waals surface area contributed by atoms with Gasteiger partial charge in [-0.25, -0.2) is 0 Å². The van der Waals surface area contributed by atoms with E-state index in [9.17, 15) is 14.7 Å². The molecule has 0 aromatic heterocycles. The third-order valence-corrected chi connectivity index (χ3v) is 2.78. The van der Waals surface area contributed by atoms with Crippen LogP contribution in [0.5, 0.6) is 0 Å². The number of aliphatic carboxylic acids is 1. The summed E-state index contributed by atoms with van der Waals surface area (Å²) in [5.74, 6) is -1.32. The fourth-order valence-electron chi connectivity index (χ4n) is 2.01. The SMILES string of the molecule is O=C([O-])CCC[C@H]1C(=O)Nc2ccccc21. The van der Waals surface area contributed by atoms with E-state index in [4.69, 9.17) is 0 Å². The van der Waals surface area contributed by atoms with Gasteiger partial charge in [-0.2, -0.15) is 0 Å². The highest BCUT2D eigenvalue weighted by molar-refractivity contribution is 6.02. The van der Waals surface area contributed by atoms with Crippen LogP contribution < -0.4 is 10.4 Å². The van der Waals surface area contributed by atoms with Crippen LogP contribution in [0.25, 0.3) is 0 Å². The van der Waals surface area contributed by atoms with Crippen LogP contribution in [-0.2, 0) is 9.59 Å². The Hall–Kier alpha value is -1.84. The molecular formula is C12H12NO3-. The minimum Gasteiger partial charge on any atom is -0.550 e. The first kappa shape index (κ1) is 10.7. The molecule has 4 nitrogen and oxygen atoms in total. The predicted molar refractivity (Wildman–Crippen MR) is 56.7 cm³/mol. The lowest BCUT2D eigenvalue weighted by molar-refractivity contribution is -0.305. The van der Waals surface area contributed by atoms with Gasteiger partial charge in [-0.05, 0) is 30.9 Å². The zero-order valence-corrected chi connectivity index (χ0v) is 8.73. The second-order valence-corrected chi connectivity index (χ2v) is 3.89. The summed E-state index contributed by atoms with van der Waals surface area (Å²) in [5.41, 5.74) is 1.80. The minimum absolute atomic E-state index is 0.00590. The molecule has 1 aromatic carbocycles. The predicted octanol–water partition coefficient (Wildman–Crippen LogP) is 0.642. The van der Waals surface area contributed by atoms with E-state index in [1.54, 1.807) is 0 Å². The van der Waals surface area contributed by atoms with E-state index in [1.165, 1.54) is 0 Å². The molecule has 1 aromatic rings. The van der Waals surface area contributed by atoms with Crippen molar-refractivity contribution in [2.45, 2.75) is 25.2 Å². The fraction of sp³-hybridized carbons (Fsp3) is 0.333. The van der Waals surface area contributed by atoms with Crippen LogP contribution in [0.1, 0.15) is 30.7 Å². The summed E-state index contributed by atoms with van der Waals surface area (Å²) in [7, 11) is 0. The van der Waals surface area contributed by atoms with Gasteiger partial charge in [0.1, 0.15) is 0 Å². The average Bonchev–Trinajstić information content (AvgIpc) is 2.55. The molecule has 2 rings (SSSR count). The van der Waals surface area contributed by atoms with Gasteiger partial charge in [-0.1, -0.05) is 18.2 Å². The average molecular weight is 218 g/mol. The van der Waals surface area contributed by atoms with Gasteiger partial charge in [0.25, 0.3) is 0 Å². The fourth-order valence-corrected chi connectivity index (χ4v) is 2.01. The van der Waals surface area contributed by atoms with Gasteiger partial charge in [0, 0.05) is 11.7 Å². The summed E-state index contributed by atoms with van der Waals surface area (Å²) < 4.78 is 0. The van der Waals surface area contributed by atoms with Gasteiger partial charge in [-0.3, -0.25) is 4.79 Å². The smallest absolute Gasteiger partial charge is 0.232 e. The number of hydrogen-bond donors (Lipinski definition) is 1. The van der Waals surface area contributed by atoms with Gasteiger partial charge in [-0.15, -0.1) is 0 Å². The van der Waals surface area contributed by atoms with Crippen LogP contribution in [-0.4, -0.2) is 11.9 Å². The Morgan fingerprint density at radius 3 is 2.88 bits per heavy atom. The first-order chi connectivity index (χ1) is 7.68. The first-order valence-electron chi connectivity index (χ1n) is 5.28. The Kier molecular flexibility index (Phi) is 2.90. The van der Waals surface area contributed by atoms with Crippen LogP contribution in [0.2, 0.25) is 0 Å². The van der Waals surface area contributed by atoms with Crippen molar-refractivity contribution in [3.8, 4) is 0 Å². The van der Waals surface area contributed by atoms with Crippen molar-refractivity contribution < 1.29 is 14.7 Å². The van der Waals surface area contributed by atoms with Crippen molar-refractivity contribution in [3.63, 3.8) is 0 Å². The van der Waals surface area contributed by atoms with Crippen molar-refractivity contribution in [1.29, 1.82) is 0 Å². The maximum Gasteiger partial charge on any atom is 0.232 e. The van der Waals surface area contributed by atoms with Crippen LogP contribution in [0.4, 0.5) is 5.69 Å². The molecule has 1 N–H and O–H groups in total. The van der Waals surface area contributed by atoms with Crippen molar-refractivity contribution in [2.75, 3.05) is 5.32 Å². The zero-order valence-electron chi connectivity index (χ0n) is 8.73. The van der Waals surface area contributed by atoms with Crippen LogP contribution in [0.3, 0.4) is 0 Å². The molecule has 1 aliphatic rings. The number of carbonyl (C=O) groups excluding carboxylic acids is 2. The highest BCUT2D eigenvalue weighted by Crippen LogP contribution is 2.35. The Labute approximate surface area is 93.3 Å². The summed E-state index contributed by atoms with van der Waals surface area (Å²) in [6.45, 7) is 0. The molecule has 1 aliphatic heterocycles. The minimum atomic E-state index is -1.06. The Balaban J connectivity index is 2.05. The standard InChI is InChI=1S/C12H13NO3/c14-11(15)7-3-5-9-8-4-1-2-6-10(8)13-12(9)16/h1-2,4,6,9H,3,5,7H2,(H,13,16)(H,14,15)/p-1/t9-/m1/s1. The van der Waals surface area contributed by atoms with E-state index in [2.05, 4.69) is 5.32 Å². The van der Waals surface area contributed by atoms with Crippen molar-refractivity contribution in [2.24, 2.45) is 0 Å². The van der Waals surface area contributed by atoms with Gasteiger partial charge in [0.05, 0.1) is 5.92 Å². The number of hydrogen-bond acceptors (Lipinski definition) is 3. The molecule has 0 saturated carbocycles. The number of carboxylic acid groups (broad SMARTS) is 1. The second-order valence-electron chi connectivity index (χ2n) is 3.89. The number of amides is 1. The van der Waals surface area contributed by atoms with Crippen molar-refractivity contribution in [3.05, 3.63) is 29.8 Å². The molecule has 1 heterocycles. The summed E-state index contributed by atoms with van der Waals surface area (Å²) >= 11 is 0. The molecule has 4 heteroatoms. The summed E-state index contributed by atoms with van der Waals surface area (Å²) in [6.07, 6.45) is 1.03. The normalized spacial score (nSPS) is 18.0. The second kappa shape index (κ2) is 4.35. The maximum atomic E-state index is 11.6. The van der Waals surface area contributed by atoms with E-state index in [0.717, 1.165) is 11.3 Å². The Morgan fingerprint density at radius 1 is 1.38 bits per heavy atom. The molecule has 0 unspecified atom stereocenters.